The predicted octanol–water partition coefficient (Wildman–Crippen LogP) is 0.301. The van der Waals surface area contributed by atoms with Crippen molar-refractivity contribution in [3.8, 4) is 0 Å². The Morgan fingerprint density at radius 1 is 1.53 bits per heavy atom. The third-order valence-electron chi connectivity index (χ3n) is 1.75. The molecule has 0 fully saturated rings. The summed E-state index contributed by atoms with van der Waals surface area (Å²) in [7, 11) is -3.07. The third kappa shape index (κ3) is 2.24. The lowest BCUT2D eigenvalue weighted by molar-refractivity contribution is 0.601. The Bertz CT molecular complexity index is 654. The van der Waals surface area contributed by atoms with Crippen molar-refractivity contribution in [2.24, 2.45) is 0 Å². The Balaban J connectivity index is 2.58. The minimum absolute atomic E-state index is 0.0551. The van der Waals surface area contributed by atoms with Gasteiger partial charge in [0.05, 0.1) is 5.75 Å². The maximum atomic E-state index is 11.3. The SMILES string of the molecule is CS(=O)(=O)Cc1cn2c(=O)ccnc2s1. The summed E-state index contributed by atoms with van der Waals surface area (Å²) in [4.78, 5) is 16.5. The van der Waals surface area contributed by atoms with E-state index in [-0.39, 0.29) is 11.3 Å². The van der Waals surface area contributed by atoms with Gasteiger partial charge in [-0.15, -0.1) is 11.3 Å². The van der Waals surface area contributed by atoms with Crippen LogP contribution in [-0.2, 0) is 15.6 Å². The van der Waals surface area contributed by atoms with Crippen molar-refractivity contribution in [1.29, 1.82) is 0 Å². The fraction of sp³-hybridized carbons (Fsp3) is 0.250. The van der Waals surface area contributed by atoms with E-state index in [0.29, 0.717) is 9.84 Å². The van der Waals surface area contributed by atoms with Crippen LogP contribution in [-0.4, -0.2) is 24.1 Å². The van der Waals surface area contributed by atoms with Crippen LogP contribution in [0.3, 0.4) is 0 Å². The topological polar surface area (TPSA) is 68.5 Å². The maximum absolute atomic E-state index is 11.3. The van der Waals surface area contributed by atoms with Gasteiger partial charge in [0.25, 0.3) is 5.56 Å². The number of nitrogens with zero attached hydrogens (tertiary/aromatic N) is 2. The molecule has 15 heavy (non-hydrogen) atoms. The second kappa shape index (κ2) is 3.42. The van der Waals surface area contributed by atoms with Crippen LogP contribution in [0.2, 0.25) is 0 Å². The van der Waals surface area contributed by atoms with Crippen LogP contribution < -0.4 is 5.56 Å². The van der Waals surface area contributed by atoms with Crippen LogP contribution in [0.1, 0.15) is 4.88 Å². The number of fused-ring (bicyclic) bond motifs is 1. The average molecular weight is 244 g/mol. The van der Waals surface area contributed by atoms with Crippen molar-refractivity contribution >= 4 is 26.1 Å². The van der Waals surface area contributed by atoms with E-state index in [1.165, 1.54) is 34.2 Å². The molecule has 0 amide bonds. The largest absolute Gasteiger partial charge is 0.269 e. The summed E-state index contributed by atoms with van der Waals surface area (Å²) in [5.41, 5.74) is -0.198. The summed E-state index contributed by atoms with van der Waals surface area (Å²) >= 11 is 1.21. The number of hydrogen-bond acceptors (Lipinski definition) is 5. The van der Waals surface area contributed by atoms with E-state index < -0.39 is 9.84 Å². The molecule has 2 aromatic rings. The van der Waals surface area contributed by atoms with E-state index in [1.807, 2.05) is 0 Å². The standard InChI is InChI=1S/C8H8N2O3S2/c1-15(12,13)5-6-4-10-7(11)2-3-9-8(10)14-6/h2-4H,5H2,1H3. The van der Waals surface area contributed by atoms with Crippen molar-refractivity contribution in [3.05, 3.63) is 33.7 Å². The molecule has 5 nitrogen and oxygen atoms in total. The Morgan fingerprint density at radius 3 is 2.87 bits per heavy atom. The van der Waals surface area contributed by atoms with Crippen molar-refractivity contribution < 1.29 is 8.42 Å². The summed E-state index contributed by atoms with van der Waals surface area (Å²) < 4.78 is 23.5. The zero-order valence-corrected chi connectivity index (χ0v) is 9.51. The summed E-state index contributed by atoms with van der Waals surface area (Å²) in [6.07, 6.45) is 4.10. The highest BCUT2D eigenvalue weighted by Crippen LogP contribution is 2.16. The first-order valence-electron chi connectivity index (χ1n) is 4.09. The zero-order valence-electron chi connectivity index (χ0n) is 7.87. The summed E-state index contributed by atoms with van der Waals surface area (Å²) in [5, 5.41) is 0. The monoisotopic (exact) mass is 244 g/mol. The van der Waals surface area contributed by atoms with Gasteiger partial charge in [0, 0.05) is 29.6 Å². The summed E-state index contributed by atoms with van der Waals surface area (Å²) in [6.45, 7) is 0. The molecule has 2 aromatic heterocycles. The molecule has 0 spiro atoms. The highest BCUT2D eigenvalue weighted by molar-refractivity contribution is 7.90. The third-order valence-corrected chi connectivity index (χ3v) is 3.76. The number of rotatable bonds is 2. The fourth-order valence-corrected chi connectivity index (χ4v) is 3.43. The van der Waals surface area contributed by atoms with E-state index in [1.54, 1.807) is 0 Å². The first kappa shape index (κ1) is 10.3. The normalized spacial score (nSPS) is 12.1. The van der Waals surface area contributed by atoms with Crippen LogP contribution in [0, 0.1) is 0 Å². The molecule has 0 radical (unpaired) electrons. The Kier molecular flexibility index (Phi) is 2.35. The van der Waals surface area contributed by atoms with Gasteiger partial charge >= 0.3 is 0 Å². The lowest BCUT2D eigenvalue weighted by atomic mass is 10.6. The average Bonchev–Trinajstić information content (AvgIpc) is 2.45. The van der Waals surface area contributed by atoms with Crippen LogP contribution in [0.4, 0.5) is 0 Å². The zero-order chi connectivity index (χ0) is 11.1. The molecule has 80 valence electrons. The van der Waals surface area contributed by atoms with Gasteiger partial charge in [-0.05, 0) is 0 Å². The first-order chi connectivity index (χ1) is 6.96. The van der Waals surface area contributed by atoms with E-state index >= 15 is 0 Å². The molecule has 7 heteroatoms. The van der Waals surface area contributed by atoms with E-state index in [9.17, 15) is 13.2 Å². The molecule has 0 saturated carbocycles. The number of thiazole rings is 1. The first-order valence-corrected chi connectivity index (χ1v) is 6.97. The second-order valence-corrected chi connectivity index (χ2v) is 6.44. The minimum atomic E-state index is -3.07. The highest BCUT2D eigenvalue weighted by Gasteiger charge is 2.09. The van der Waals surface area contributed by atoms with Gasteiger partial charge in [0.15, 0.2) is 14.8 Å². The molecule has 0 unspecified atom stereocenters. The van der Waals surface area contributed by atoms with Gasteiger partial charge in [-0.2, -0.15) is 0 Å². The quantitative estimate of drug-likeness (QED) is 0.762. The number of sulfone groups is 1. The maximum Gasteiger partial charge on any atom is 0.258 e. The molecule has 0 aliphatic heterocycles. The molecule has 0 aliphatic rings. The Morgan fingerprint density at radius 2 is 2.27 bits per heavy atom. The molecule has 0 bridgehead atoms. The Hall–Kier alpha value is -1.21. The lowest BCUT2D eigenvalue weighted by Gasteiger charge is -1.90. The second-order valence-electron chi connectivity index (χ2n) is 3.20. The van der Waals surface area contributed by atoms with Crippen LogP contribution in [0.25, 0.3) is 4.96 Å². The Labute approximate surface area is 89.9 Å². The fourth-order valence-electron chi connectivity index (χ4n) is 1.21. The lowest BCUT2D eigenvalue weighted by Crippen LogP contribution is -2.09. The van der Waals surface area contributed by atoms with Crippen molar-refractivity contribution in [2.45, 2.75) is 5.75 Å². The van der Waals surface area contributed by atoms with Gasteiger partial charge in [-0.25, -0.2) is 13.4 Å². The van der Waals surface area contributed by atoms with Gasteiger partial charge < -0.3 is 0 Å². The molecule has 0 saturated heterocycles. The van der Waals surface area contributed by atoms with E-state index in [2.05, 4.69) is 4.98 Å². The molecule has 0 aliphatic carbocycles. The smallest absolute Gasteiger partial charge is 0.258 e. The summed E-state index contributed by atoms with van der Waals surface area (Å²) in [5.74, 6) is -0.0551. The molecule has 2 rings (SSSR count). The van der Waals surface area contributed by atoms with Gasteiger partial charge in [-0.1, -0.05) is 0 Å². The van der Waals surface area contributed by atoms with Crippen LogP contribution in [0.5, 0.6) is 0 Å². The minimum Gasteiger partial charge on any atom is -0.269 e. The number of hydrogen-bond donors (Lipinski definition) is 0. The van der Waals surface area contributed by atoms with E-state index in [4.69, 9.17) is 0 Å². The van der Waals surface area contributed by atoms with Crippen molar-refractivity contribution in [1.82, 2.24) is 9.38 Å². The molecule has 0 aromatic carbocycles. The molecule has 0 atom stereocenters. The van der Waals surface area contributed by atoms with Gasteiger partial charge in [0.2, 0.25) is 0 Å². The molecule has 2 heterocycles. The molecular weight excluding hydrogens is 236 g/mol. The van der Waals surface area contributed by atoms with Crippen molar-refractivity contribution in [2.75, 3.05) is 6.26 Å². The molecular formula is C8H8N2O3S2. The number of aromatic nitrogens is 2. The van der Waals surface area contributed by atoms with Gasteiger partial charge in [-0.3, -0.25) is 9.20 Å². The predicted molar refractivity (Wildman–Crippen MR) is 57.9 cm³/mol. The molecule has 0 N–H and O–H groups in total. The summed E-state index contributed by atoms with van der Waals surface area (Å²) in [6, 6.07) is 1.34. The highest BCUT2D eigenvalue weighted by atomic mass is 32.2. The van der Waals surface area contributed by atoms with Gasteiger partial charge in [0.1, 0.15) is 0 Å². The van der Waals surface area contributed by atoms with Crippen LogP contribution in [0.15, 0.2) is 23.3 Å². The van der Waals surface area contributed by atoms with Crippen molar-refractivity contribution in [3.63, 3.8) is 0 Å². The van der Waals surface area contributed by atoms with E-state index in [0.717, 1.165) is 6.26 Å². The van der Waals surface area contributed by atoms with Crippen LogP contribution >= 0.6 is 11.3 Å².